The second kappa shape index (κ2) is 16.5. The molecule has 1 rings (SSSR count). The Morgan fingerprint density at radius 1 is 0.739 bits per heavy atom. The molecule has 0 saturated carbocycles. The van der Waals surface area contributed by atoms with E-state index in [1.54, 1.807) is 0 Å². The maximum atomic E-state index is 10.4. The van der Waals surface area contributed by atoms with Gasteiger partial charge in [-0.25, -0.2) is 0 Å². The van der Waals surface area contributed by atoms with Crippen LogP contribution in [0.25, 0.3) is 0 Å². The summed E-state index contributed by atoms with van der Waals surface area (Å²) in [4.78, 5) is 10.4. The molecule has 0 aromatic carbocycles. The molecule has 1 heterocycles. The average molecular weight is 355 g/mol. The molecule has 1 saturated heterocycles. The van der Waals surface area contributed by atoms with Crippen molar-refractivity contribution in [3.63, 3.8) is 0 Å². The molecular weight excluding hydrogens is 319 g/mol. The molecule has 0 aromatic rings. The van der Waals surface area contributed by atoms with Crippen LogP contribution in [0.2, 0.25) is 0 Å². The van der Waals surface area contributed by atoms with E-state index in [9.17, 15) is 4.79 Å². The van der Waals surface area contributed by atoms with Gasteiger partial charge in [0.25, 0.3) is 0 Å². The molecule has 132 valence electrons. The minimum atomic E-state index is -0.678. The van der Waals surface area contributed by atoms with Crippen LogP contribution in [0, 0.1) is 0 Å². The summed E-state index contributed by atoms with van der Waals surface area (Å²) in [6.45, 7) is 0.331. The van der Waals surface area contributed by atoms with Gasteiger partial charge in [-0.3, -0.25) is 4.79 Å². The number of aliphatic hydroxyl groups is 1. The number of rotatable bonds is 16. The van der Waals surface area contributed by atoms with Gasteiger partial charge in [0.05, 0.1) is 12.2 Å². The van der Waals surface area contributed by atoms with Gasteiger partial charge in [0, 0.05) is 13.0 Å². The van der Waals surface area contributed by atoms with Crippen LogP contribution >= 0.6 is 0 Å². The fraction of sp³-hybridized carbons (Fsp3) is 0.944. The Balaban J connectivity index is 0.00000484. The zero-order chi connectivity index (χ0) is 16.0. The van der Waals surface area contributed by atoms with Crippen molar-refractivity contribution in [3.05, 3.63) is 0 Å². The molecule has 2 N–H and O–H groups in total. The average Bonchev–Trinajstić information content (AvgIpc) is 3.23. The van der Waals surface area contributed by atoms with Gasteiger partial charge in [0.15, 0.2) is 0 Å². The van der Waals surface area contributed by atoms with Crippen LogP contribution in [0.3, 0.4) is 0 Å². The van der Waals surface area contributed by atoms with Crippen LogP contribution in [0.4, 0.5) is 0 Å². The summed E-state index contributed by atoms with van der Waals surface area (Å²) in [5.74, 6) is -0.678. The zero-order valence-electron chi connectivity index (χ0n) is 14.0. The van der Waals surface area contributed by atoms with Gasteiger partial charge in [-0.2, -0.15) is 0 Å². The third-order valence-electron chi connectivity index (χ3n) is 4.46. The summed E-state index contributed by atoms with van der Waals surface area (Å²) in [5.41, 5.74) is 0. The Bertz CT molecular complexity index is 286. The Labute approximate surface area is 184 Å². The Kier molecular flexibility index (Phi) is 17.2. The third-order valence-corrected chi connectivity index (χ3v) is 4.46. The summed E-state index contributed by atoms with van der Waals surface area (Å²) in [5, 5.41) is 17.2. The third kappa shape index (κ3) is 15.0. The fourth-order valence-electron chi connectivity index (χ4n) is 3.00. The number of hydrogen-bond donors (Lipinski definition) is 2. The molecule has 1 aliphatic heterocycles. The summed E-state index contributed by atoms with van der Waals surface area (Å²) < 4.78 is 5.71. The summed E-state index contributed by atoms with van der Waals surface area (Å²) in [6.07, 6.45) is 16.4. The molecule has 0 aromatic heterocycles. The number of aliphatic carboxylic acids is 1. The van der Waals surface area contributed by atoms with Crippen molar-refractivity contribution in [3.8, 4) is 0 Å². The van der Waals surface area contributed by atoms with Gasteiger partial charge < -0.3 is 14.9 Å². The minimum absolute atomic E-state index is 0. The van der Waals surface area contributed by atoms with E-state index >= 15 is 0 Å². The van der Waals surface area contributed by atoms with E-state index in [1.165, 1.54) is 51.4 Å². The molecule has 4 nitrogen and oxygen atoms in total. The van der Waals surface area contributed by atoms with E-state index in [4.69, 9.17) is 14.9 Å². The summed E-state index contributed by atoms with van der Waals surface area (Å²) in [7, 11) is 0. The maximum absolute atomic E-state index is 10.4. The summed E-state index contributed by atoms with van der Waals surface area (Å²) in [6, 6.07) is 0. The number of epoxide rings is 1. The molecular formula is C18H35KO4. The van der Waals surface area contributed by atoms with Crippen LogP contribution in [0.15, 0.2) is 0 Å². The van der Waals surface area contributed by atoms with Crippen LogP contribution in [-0.4, -0.2) is 86.4 Å². The molecule has 2 unspecified atom stereocenters. The Morgan fingerprint density at radius 3 is 1.65 bits per heavy atom. The molecule has 5 heteroatoms. The molecule has 0 amide bonds. The first-order valence-corrected chi connectivity index (χ1v) is 9.22. The van der Waals surface area contributed by atoms with Crippen molar-refractivity contribution in [2.75, 3.05) is 6.61 Å². The number of carboxylic acids is 1. The SMILES string of the molecule is O=C(O)CCCCCCCC1OC1CCCCCCCCO.[KH]. The van der Waals surface area contributed by atoms with E-state index in [-0.39, 0.29) is 51.4 Å². The molecule has 23 heavy (non-hydrogen) atoms. The Morgan fingerprint density at radius 2 is 1.17 bits per heavy atom. The first kappa shape index (κ1) is 24.0. The van der Waals surface area contributed by atoms with E-state index in [2.05, 4.69) is 0 Å². The van der Waals surface area contributed by atoms with Crippen molar-refractivity contribution in [2.24, 2.45) is 0 Å². The van der Waals surface area contributed by atoms with Crippen molar-refractivity contribution in [1.29, 1.82) is 0 Å². The second-order valence-electron chi connectivity index (χ2n) is 6.55. The number of ether oxygens (including phenoxy) is 1. The first-order chi connectivity index (χ1) is 10.7. The molecule has 0 aliphatic carbocycles. The van der Waals surface area contributed by atoms with Gasteiger partial charge in [0.2, 0.25) is 0 Å². The topological polar surface area (TPSA) is 70.1 Å². The molecule has 0 bridgehead atoms. The number of unbranched alkanes of at least 4 members (excludes halogenated alkanes) is 9. The van der Waals surface area contributed by atoms with Gasteiger partial charge in [0.1, 0.15) is 0 Å². The van der Waals surface area contributed by atoms with Gasteiger partial charge in [-0.15, -0.1) is 0 Å². The van der Waals surface area contributed by atoms with E-state index in [1.807, 2.05) is 0 Å². The molecule has 0 radical (unpaired) electrons. The zero-order valence-corrected chi connectivity index (χ0v) is 14.0. The number of aliphatic hydroxyl groups excluding tert-OH is 1. The summed E-state index contributed by atoms with van der Waals surface area (Å²) >= 11 is 0. The van der Waals surface area contributed by atoms with Crippen LogP contribution in [0.1, 0.15) is 89.9 Å². The quantitative estimate of drug-likeness (QED) is 0.252. The predicted molar refractivity (Wildman–Crippen MR) is 95.2 cm³/mol. The van der Waals surface area contributed by atoms with Gasteiger partial charge in [-0.1, -0.05) is 57.8 Å². The van der Waals surface area contributed by atoms with Crippen LogP contribution in [0.5, 0.6) is 0 Å². The van der Waals surface area contributed by atoms with Crippen molar-refractivity contribution < 1.29 is 19.7 Å². The monoisotopic (exact) mass is 354 g/mol. The fourth-order valence-corrected chi connectivity index (χ4v) is 3.00. The van der Waals surface area contributed by atoms with E-state index in [0.29, 0.717) is 25.2 Å². The normalized spacial score (nSPS) is 19.3. The van der Waals surface area contributed by atoms with Crippen molar-refractivity contribution >= 4 is 57.4 Å². The second-order valence-corrected chi connectivity index (χ2v) is 6.55. The predicted octanol–water partition coefficient (Wildman–Crippen LogP) is 3.64. The molecule has 2 atom stereocenters. The van der Waals surface area contributed by atoms with Gasteiger partial charge in [-0.05, 0) is 25.7 Å². The number of carbonyl (C=O) groups is 1. The standard InChI is InChI=1S/C18H34O4.K.H/c19-15-11-7-2-1-4-8-12-16-17(22-16)13-9-5-3-6-10-14-18(20)21;;/h16-17,19H,1-15H2,(H,20,21);;. The first-order valence-electron chi connectivity index (χ1n) is 9.22. The molecule has 1 fully saturated rings. The van der Waals surface area contributed by atoms with E-state index < -0.39 is 5.97 Å². The van der Waals surface area contributed by atoms with Crippen LogP contribution < -0.4 is 0 Å². The van der Waals surface area contributed by atoms with Crippen molar-refractivity contribution in [2.45, 2.75) is 102 Å². The van der Waals surface area contributed by atoms with E-state index in [0.717, 1.165) is 32.1 Å². The molecule has 1 aliphatic rings. The number of carboxylic acid groups (broad SMARTS) is 1. The van der Waals surface area contributed by atoms with Crippen LogP contribution in [-0.2, 0) is 9.53 Å². The van der Waals surface area contributed by atoms with Crippen molar-refractivity contribution in [1.82, 2.24) is 0 Å². The van der Waals surface area contributed by atoms with Gasteiger partial charge >= 0.3 is 57.4 Å². The Hall–Kier alpha value is 1.03. The molecule has 0 spiro atoms. The number of hydrogen-bond acceptors (Lipinski definition) is 3.